The number of rotatable bonds is 9. The molecule has 2 fully saturated rings. The smallest absolute Gasteiger partial charge is 0.251 e. The molecular weight excluding hydrogens is 585 g/mol. The number of methoxy groups -OCH3 is 1. The van der Waals surface area contributed by atoms with Gasteiger partial charge in [-0.1, -0.05) is 30.1 Å². The number of ether oxygens (including phenoxy) is 2. The van der Waals surface area contributed by atoms with Crippen molar-refractivity contribution in [3.63, 3.8) is 0 Å². The number of fused-ring (bicyclic) bond motifs is 1. The first-order chi connectivity index (χ1) is 20.1. The molecule has 2 atom stereocenters. The number of carbonyl (C=O) groups excluding carboxylic acids is 1. The van der Waals surface area contributed by atoms with E-state index in [2.05, 4.69) is 17.2 Å². The first-order valence-corrected chi connectivity index (χ1v) is 14.6. The summed E-state index contributed by atoms with van der Waals surface area (Å²) in [7, 11) is 1.46. The SMILES string of the molecule is COc1cc(C(=O)NCC(c2cc3c(c(-c4cc(Cl)c(F)c(Cl)c4)n2)OCC3C)C2CC2)cc(/C=N/C2(F)CC2)c1N. The molecule has 42 heavy (non-hydrogen) atoms. The van der Waals surface area contributed by atoms with Gasteiger partial charge in [0.05, 0.1) is 29.4 Å². The van der Waals surface area contributed by atoms with Gasteiger partial charge in [-0.05, 0) is 49.1 Å². The second-order valence-electron chi connectivity index (χ2n) is 11.3. The highest BCUT2D eigenvalue weighted by Crippen LogP contribution is 2.47. The molecule has 2 unspecified atom stereocenters. The number of amides is 1. The van der Waals surface area contributed by atoms with Crippen molar-refractivity contribution in [1.82, 2.24) is 10.3 Å². The molecule has 0 radical (unpaired) electrons. The van der Waals surface area contributed by atoms with E-state index >= 15 is 0 Å². The highest BCUT2D eigenvalue weighted by Gasteiger charge is 2.42. The zero-order chi connectivity index (χ0) is 29.8. The Hall–Kier alpha value is -3.43. The second-order valence-corrected chi connectivity index (χ2v) is 12.1. The minimum absolute atomic E-state index is 0.0739. The monoisotopic (exact) mass is 614 g/mol. The Balaban J connectivity index is 1.29. The van der Waals surface area contributed by atoms with Crippen molar-refractivity contribution in [2.24, 2.45) is 10.9 Å². The predicted molar refractivity (Wildman–Crippen MR) is 159 cm³/mol. The third kappa shape index (κ3) is 5.64. The molecule has 2 aliphatic carbocycles. The van der Waals surface area contributed by atoms with Crippen LogP contribution in [0.15, 0.2) is 35.3 Å². The number of halogens is 4. The first-order valence-electron chi connectivity index (χ1n) is 13.9. The summed E-state index contributed by atoms with van der Waals surface area (Å²) in [5.74, 6) is -1.24. The second kappa shape index (κ2) is 11.0. The quantitative estimate of drug-likeness (QED) is 0.116. The largest absolute Gasteiger partial charge is 0.495 e. The van der Waals surface area contributed by atoms with Gasteiger partial charge in [0.1, 0.15) is 17.2 Å². The topological polar surface area (TPSA) is 98.8 Å². The van der Waals surface area contributed by atoms with E-state index in [9.17, 15) is 13.6 Å². The summed E-state index contributed by atoms with van der Waals surface area (Å²) in [5, 5.41) is 2.85. The Kier molecular flexibility index (Phi) is 7.51. The summed E-state index contributed by atoms with van der Waals surface area (Å²) in [5.41, 5.74) is 10.1. The lowest BCUT2D eigenvalue weighted by atomic mass is 9.93. The molecule has 3 N–H and O–H groups in total. The summed E-state index contributed by atoms with van der Waals surface area (Å²) in [6, 6.07) is 8.19. The van der Waals surface area contributed by atoms with Crippen LogP contribution in [-0.2, 0) is 0 Å². The molecular formula is C31H30Cl2F2N4O3. The molecule has 3 aliphatic rings. The molecule has 6 rings (SSSR count). The Bertz CT molecular complexity index is 1580. The molecule has 2 aromatic carbocycles. The van der Waals surface area contributed by atoms with Crippen LogP contribution in [0.5, 0.6) is 11.5 Å². The molecule has 1 aliphatic heterocycles. The molecule has 2 saturated carbocycles. The fraction of sp³-hybridized carbons (Fsp3) is 0.387. The lowest BCUT2D eigenvalue weighted by Gasteiger charge is -2.20. The number of nitrogens with two attached hydrogens (primary N) is 1. The Morgan fingerprint density at radius 3 is 2.62 bits per heavy atom. The number of carbonyl (C=O) groups is 1. The Morgan fingerprint density at radius 2 is 1.98 bits per heavy atom. The van der Waals surface area contributed by atoms with Gasteiger partial charge >= 0.3 is 0 Å². The van der Waals surface area contributed by atoms with Gasteiger partial charge in [-0.3, -0.25) is 9.79 Å². The van der Waals surface area contributed by atoms with Crippen molar-refractivity contribution in [2.75, 3.05) is 26.0 Å². The van der Waals surface area contributed by atoms with Gasteiger partial charge in [-0.25, -0.2) is 13.8 Å². The maximum absolute atomic E-state index is 14.2. The average Bonchev–Trinajstić information content (AvgIpc) is 3.91. The molecule has 0 bridgehead atoms. The third-order valence-electron chi connectivity index (χ3n) is 8.09. The van der Waals surface area contributed by atoms with Crippen molar-refractivity contribution in [3.8, 4) is 22.8 Å². The van der Waals surface area contributed by atoms with Crippen LogP contribution in [0, 0.1) is 11.7 Å². The van der Waals surface area contributed by atoms with Gasteiger partial charge < -0.3 is 20.5 Å². The lowest BCUT2D eigenvalue weighted by Crippen LogP contribution is -2.30. The summed E-state index contributed by atoms with van der Waals surface area (Å²) < 4.78 is 39.7. The van der Waals surface area contributed by atoms with Crippen LogP contribution < -0.4 is 20.5 Å². The molecule has 0 spiro atoms. The number of aromatic nitrogens is 1. The van der Waals surface area contributed by atoms with Gasteiger partial charge in [-0.2, -0.15) is 0 Å². The molecule has 3 aromatic rings. The van der Waals surface area contributed by atoms with Crippen molar-refractivity contribution in [1.29, 1.82) is 0 Å². The van der Waals surface area contributed by atoms with Gasteiger partial charge in [0.15, 0.2) is 11.6 Å². The van der Waals surface area contributed by atoms with E-state index in [1.54, 1.807) is 12.1 Å². The minimum atomic E-state index is -1.55. The molecule has 0 saturated heterocycles. The van der Waals surface area contributed by atoms with Crippen LogP contribution in [0.25, 0.3) is 11.3 Å². The normalized spacial score (nSPS) is 19.3. The summed E-state index contributed by atoms with van der Waals surface area (Å²) >= 11 is 12.2. The number of hydrogen-bond acceptors (Lipinski definition) is 6. The van der Waals surface area contributed by atoms with E-state index < -0.39 is 11.6 Å². The van der Waals surface area contributed by atoms with Crippen LogP contribution >= 0.6 is 23.2 Å². The first kappa shape index (κ1) is 28.7. The number of benzene rings is 2. The molecule has 1 aromatic heterocycles. The van der Waals surface area contributed by atoms with Crippen molar-refractivity contribution in [3.05, 3.63) is 68.6 Å². The van der Waals surface area contributed by atoms with E-state index in [0.29, 0.717) is 65.8 Å². The van der Waals surface area contributed by atoms with E-state index in [4.69, 9.17) is 43.4 Å². The highest BCUT2D eigenvalue weighted by molar-refractivity contribution is 6.35. The Labute approximate surface area is 252 Å². The van der Waals surface area contributed by atoms with Gasteiger partial charge in [0.25, 0.3) is 5.91 Å². The van der Waals surface area contributed by atoms with Crippen molar-refractivity contribution >= 4 is 41.0 Å². The minimum Gasteiger partial charge on any atom is -0.495 e. The zero-order valence-electron chi connectivity index (χ0n) is 23.1. The van der Waals surface area contributed by atoms with Crippen LogP contribution in [0.3, 0.4) is 0 Å². The van der Waals surface area contributed by atoms with Crippen LogP contribution in [0.2, 0.25) is 10.0 Å². The molecule has 7 nitrogen and oxygen atoms in total. The number of nitrogens with zero attached hydrogens (tertiary/aromatic N) is 2. The highest BCUT2D eigenvalue weighted by atomic mass is 35.5. The fourth-order valence-corrected chi connectivity index (χ4v) is 5.74. The number of nitrogen functional groups attached to an aromatic ring is 1. The van der Waals surface area contributed by atoms with E-state index in [0.717, 1.165) is 24.1 Å². The molecule has 11 heteroatoms. The number of alkyl halides is 1. The number of anilines is 1. The van der Waals surface area contributed by atoms with E-state index in [1.807, 2.05) is 6.07 Å². The molecule has 220 valence electrons. The summed E-state index contributed by atoms with van der Waals surface area (Å²) in [6.07, 6.45) is 4.12. The van der Waals surface area contributed by atoms with Gasteiger partial charge in [0.2, 0.25) is 0 Å². The van der Waals surface area contributed by atoms with Crippen molar-refractivity contribution < 1.29 is 23.0 Å². The Morgan fingerprint density at radius 1 is 1.26 bits per heavy atom. The lowest BCUT2D eigenvalue weighted by molar-refractivity contribution is 0.0949. The third-order valence-corrected chi connectivity index (χ3v) is 8.64. The van der Waals surface area contributed by atoms with E-state index in [1.165, 1.54) is 25.5 Å². The predicted octanol–water partition coefficient (Wildman–Crippen LogP) is 7.08. The number of nitrogens with one attached hydrogen (secondary N) is 1. The fourth-order valence-electron chi connectivity index (χ4n) is 5.26. The zero-order valence-corrected chi connectivity index (χ0v) is 24.7. The van der Waals surface area contributed by atoms with Crippen molar-refractivity contribution in [2.45, 2.75) is 50.2 Å². The number of aliphatic imine (C=N–C) groups is 1. The van der Waals surface area contributed by atoms with Crippen LogP contribution in [0.1, 0.15) is 71.6 Å². The maximum Gasteiger partial charge on any atom is 0.251 e. The van der Waals surface area contributed by atoms with E-state index in [-0.39, 0.29) is 33.5 Å². The average molecular weight is 616 g/mol. The standard InChI is InChI=1S/C31H30Cl2F2N4O3/c1-15-14-42-29-20(15)11-24(39-28(29)17-8-22(32)26(34)23(33)9-17)21(16-3-4-16)13-37-30(40)18-7-19(12-38-31(35)5-6-31)27(36)25(10-18)41-2/h7-12,15-16,21H,3-6,13-14,36H2,1-2H3,(H,37,40)/b38-12+. The van der Waals surface area contributed by atoms with Crippen LogP contribution in [-0.4, -0.2) is 43.2 Å². The van der Waals surface area contributed by atoms with Gasteiger partial charge in [-0.15, -0.1) is 0 Å². The molecule has 2 heterocycles. The molecule has 1 amide bonds. The summed E-state index contributed by atoms with van der Waals surface area (Å²) in [4.78, 5) is 22.3. The number of pyridine rings is 1. The number of hydrogen-bond donors (Lipinski definition) is 2. The van der Waals surface area contributed by atoms with Gasteiger partial charge in [0, 0.05) is 65.4 Å². The van der Waals surface area contributed by atoms with Crippen LogP contribution in [0.4, 0.5) is 14.5 Å². The summed E-state index contributed by atoms with van der Waals surface area (Å²) in [6.45, 7) is 2.90. The maximum atomic E-state index is 14.2.